The standard InChI is InChI=1S/C15H21N3O/c1-4-19-13-5-6-14-12(10-13)9-11(7-8-16)15(17-14)18(2)3/h5-6,9-10H,4,7-8,16H2,1-3H3. The first-order chi connectivity index (χ1) is 9.15. The predicted octanol–water partition coefficient (Wildman–Crippen LogP) is 2.20. The Labute approximate surface area is 114 Å². The van der Waals surface area contributed by atoms with E-state index in [4.69, 9.17) is 15.5 Å². The van der Waals surface area contributed by atoms with E-state index >= 15 is 0 Å². The molecule has 0 aliphatic rings. The Morgan fingerprint density at radius 1 is 1.26 bits per heavy atom. The summed E-state index contributed by atoms with van der Waals surface area (Å²) in [4.78, 5) is 6.74. The number of nitrogens with two attached hydrogens (primary N) is 1. The number of anilines is 1. The molecule has 2 rings (SSSR count). The zero-order chi connectivity index (χ0) is 13.8. The second-order valence-electron chi connectivity index (χ2n) is 4.69. The monoisotopic (exact) mass is 259 g/mol. The molecule has 4 nitrogen and oxygen atoms in total. The number of hydrogen-bond donors (Lipinski definition) is 1. The highest BCUT2D eigenvalue weighted by Gasteiger charge is 2.09. The Kier molecular flexibility index (Phi) is 4.22. The zero-order valence-corrected chi connectivity index (χ0v) is 11.8. The van der Waals surface area contributed by atoms with Crippen molar-refractivity contribution in [2.45, 2.75) is 13.3 Å². The predicted molar refractivity (Wildman–Crippen MR) is 80.0 cm³/mol. The van der Waals surface area contributed by atoms with Gasteiger partial charge in [-0.05, 0) is 49.7 Å². The van der Waals surface area contributed by atoms with Gasteiger partial charge < -0.3 is 15.4 Å². The Hall–Kier alpha value is -1.81. The van der Waals surface area contributed by atoms with Gasteiger partial charge in [0, 0.05) is 19.5 Å². The van der Waals surface area contributed by atoms with Crippen LogP contribution in [0.4, 0.5) is 5.82 Å². The number of hydrogen-bond acceptors (Lipinski definition) is 4. The second-order valence-corrected chi connectivity index (χ2v) is 4.69. The van der Waals surface area contributed by atoms with E-state index in [1.165, 1.54) is 5.56 Å². The average molecular weight is 259 g/mol. The summed E-state index contributed by atoms with van der Waals surface area (Å²) in [5.74, 6) is 1.87. The van der Waals surface area contributed by atoms with Crippen LogP contribution in [0.15, 0.2) is 24.3 Å². The van der Waals surface area contributed by atoms with Gasteiger partial charge in [0.15, 0.2) is 0 Å². The molecule has 0 atom stereocenters. The summed E-state index contributed by atoms with van der Waals surface area (Å²) in [5.41, 5.74) is 7.83. The smallest absolute Gasteiger partial charge is 0.132 e. The van der Waals surface area contributed by atoms with E-state index in [-0.39, 0.29) is 0 Å². The van der Waals surface area contributed by atoms with Gasteiger partial charge in [-0.3, -0.25) is 0 Å². The van der Waals surface area contributed by atoms with Crippen molar-refractivity contribution in [3.63, 3.8) is 0 Å². The quantitative estimate of drug-likeness (QED) is 0.894. The van der Waals surface area contributed by atoms with Crippen molar-refractivity contribution in [3.05, 3.63) is 29.8 Å². The van der Waals surface area contributed by atoms with Crippen LogP contribution in [0.3, 0.4) is 0 Å². The highest BCUT2D eigenvalue weighted by molar-refractivity contribution is 5.83. The van der Waals surface area contributed by atoms with E-state index in [0.29, 0.717) is 13.2 Å². The number of benzene rings is 1. The van der Waals surface area contributed by atoms with Crippen molar-refractivity contribution in [2.75, 3.05) is 32.1 Å². The van der Waals surface area contributed by atoms with E-state index in [1.54, 1.807) is 0 Å². The van der Waals surface area contributed by atoms with Crippen LogP contribution in [0.2, 0.25) is 0 Å². The van der Waals surface area contributed by atoms with E-state index < -0.39 is 0 Å². The Bertz CT molecular complexity index is 567. The molecule has 1 heterocycles. The lowest BCUT2D eigenvalue weighted by Gasteiger charge is -2.17. The third kappa shape index (κ3) is 2.96. The molecule has 0 saturated heterocycles. The van der Waals surface area contributed by atoms with Gasteiger partial charge in [-0.25, -0.2) is 4.98 Å². The van der Waals surface area contributed by atoms with Crippen molar-refractivity contribution in [2.24, 2.45) is 5.73 Å². The normalized spacial score (nSPS) is 10.7. The average Bonchev–Trinajstić information content (AvgIpc) is 2.38. The third-order valence-corrected chi connectivity index (χ3v) is 2.99. The van der Waals surface area contributed by atoms with Crippen LogP contribution >= 0.6 is 0 Å². The minimum atomic E-state index is 0.624. The van der Waals surface area contributed by atoms with E-state index in [9.17, 15) is 0 Å². The lowest BCUT2D eigenvalue weighted by molar-refractivity contribution is 0.340. The van der Waals surface area contributed by atoms with Gasteiger partial charge in [-0.2, -0.15) is 0 Å². The molecule has 0 saturated carbocycles. The molecule has 19 heavy (non-hydrogen) atoms. The fourth-order valence-electron chi connectivity index (χ4n) is 2.17. The van der Waals surface area contributed by atoms with Gasteiger partial charge in [0.2, 0.25) is 0 Å². The molecule has 1 aromatic heterocycles. The van der Waals surface area contributed by atoms with Crippen LogP contribution in [0.1, 0.15) is 12.5 Å². The maximum atomic E-state index is 5.68. The van der Waals surface area contributed by atoms with E-state index in [2.05, 4.69) is 6.07 Å². The van der Waals surface area contributed by atoms with Crippen LogP contribution in [-0.4, -0.2) is 32.2 Å². The summed E-state index contributed by atoms with van der Waals surface area (Å²) in [6.45, 7) is 3.28. The van der Waals surface area contributed by atoms with Gasteiger partial charge in [0.05, 0.1) is 12.1 Å². The van der Waals surface area contributed by atoms with Crippen molar-refractivity contribution in [1.82, 2.24) is 4.98 Å². The van der Waals surface area contributed by atoms with Crippen LogP contribution < -0.4 is 15.4 Å². The molecule has 4 heteroatoms. The van der Waals surface area contributed by atoms with E-state index in [1.807, 2.05) is 44.1 Å². The maximum absolute atomic E-state index is 5.68. The molecule has 1 aromatic carbocycles. The molecular formula is C15H21N3O. The van der Waals surface area contributed by atoms with Crippen LogP contribution in [-0.2, 0) is 6.42 Å². The molecule has 0 spiro atoms. The fourth-order valence-corrected chi connectivity index (χ4v) is 2.17. The van der Waals surface area contributed by atoms with E-state index in [0.717, 1.165) is 28.9 Å². The Balaban J connectivity index is 2.53. The summed E-state index contributed by atoms with van der Waals surface area (Å²) in [7, 11) is 4.01. The summed E-state index contributed by atoms with van der Waals surface area (Å²) in [6.07, 6.45) is 0.829. The van der Waals surface area contributed by atoms with Crippen LogP contribution in [0, 0.1) is 0 Å². The van der Waals surface area contributed by atoms with Crippen molar-refractivity contribution < 1.29 is 4.74 Å². The number of nitrogens with zero attached hydrogens (tertiary/aromatic N) is 2. The van der Waals surface area contributed by atoms with Crippen molar-refractivity contribution in [1.29, 1.82) is 0 Å². The summed E-state index contributed by atoms with van der Waals surface area (Å²) < 4.78 is 5.53. The molecule has 2 aromatic rings. The van der Waals surface area contributed by atoms with Crippen LogP contribution in [0.5, 0.6) is 5.75 Å². The summed E-state index contributed by atoms with van der Waals surface area (Å²) in [6, 6.07) is 8.15. The SMILES string of the molecule is CCOc1ccc2nc(N(C)C)c(CCN)cc2c1. The largest absolute Gasteiger partial charge is 0.494 e. The number of rotatable bonds is 5. The Morgan fingerprint density at radius 2 is 2.05 bits per heavy atom. The van der Waals surface area contributed by atoms with Gasteiger partial charge in [-0.15, -0.1) is 0 Å². The van der Waals surface area contributed by atoms with Gasteiger partial charge >= 0.3 is 0 Å². The number of aromatic nitrogens is 1. The van der Waals surface area contributed by atoms with Gasteiger partial charge in [0.25, 0.3) is 0 Å². The molecule has 102 valence electrons. The van der Waals surface area contributed by atoms with Crippen LogP contribution in [0.25, 0.3) is 10.9 Å². The maximum Gasteiger partial charge on any atom is 0.132 e. The first-order valence-electron chi connectivity index (χ1n) is 6.59. The fraction of sp³-hybridized carbons (Fsp3) is 0.400. The number of pyridine rings is 1. The Morgan fingerprint density at radius 3 is 2.68 bits per heavy atom. The van der Waals surface area contributed by atoms with Crippen molar-refractivity contribution in [3.8, 4) is 5.75 Å². The second kappa shape index (κ2) is 5.89. The molecule has 0 fully saturated rings. The summed E-state index contributed by atoms with van der Waals surface area (Å²) >= 11 is 0. The lowest BCUT2D eigenvalue weighted by atomic mass is 10.1. The molecule has 2 N–H and O–H groups in total. The molecule has 0 aliphatic heterocycles. The highest BCUT2D eigenvalue weighted by atomic mass is 16.5. The first kappa shape index (κ1) is 13.6. The lowest BCUT2D eigenvalue weighted by Crippen LogP contribution is -2.15. The molecule has 0 unspecified atom stereocenters. The highest BCUT2D eigenvalue weighted by Crippen LogP contribution is 2.25. The minimum Gasteiger partial charge on any atom is -0.494 e. The third-order valence-electron chi connectivity index (χ3n) is 2.99. The molecule has 0 radical (unpaired) electrons. The molecule has 0 bridgehead atoms. The minimum absolute atomic E-state index is 0.624. The topological polar surface area (TPSA) is 51.4 Å². The molecule has 0 aliphatic carbocycles. The number of fused-ring (bicyclic) bond motifs is 1. The molecular weight excluding hydrogens is 238 g/mol. The first-order valence-corrected chi connectivity index (χ1v) is 6.59. The van der Waals surface area contributed by atoms with Gasteiger partial charge in [0.1, 0.15) is 11.6 Å². The zero-order valence-electron chi connectivity index (χ0n) is 11.8. The molecule has 0 amide bonds. The van der Waals surface area contributed by atoms with Gasteiger partial charge in [-0.1, -0.05) is 0 Å². The summed E-state index contributed by atoms with van der Waals surface area (Å²) in [5, 5.41) is 1.10. The number of ether oxygens (including phenoxy) is 1. The van der Waals surface area contributed by atoms with Crippen molar-refractivity contribution >= 4 is 16.7 Å².